The summed E-state index contributed by atoms with van der Waals surface area (Å²) < 4.78 is 17.4. The number of hydrogen-bond donors (Lipinski definition) is 1. The van der Waals surface area contributed by atoms with Crippen molar-refractivity contribution in [3.63, 3.8) is 0 Å². The van der Waals surface area contributed by atoms with E-state index in [1.165, 1.54) is 12.8 Å². The van der Waals surface area contributed by atoms with Crippen molar-refractivity contribution in [2.24, 2.45) is 0 Å². The summed E-state index contributed by atoms with van der Waals surface area (Å²) in [5.74, 6) is 0. The number of aliphatic hydroxyl groups excluding tert-OH is 1. The molecule has 1 aliphatic rings. The van der Waals surface area contributed by atoms with Crippen molar-refractivity contribution >= 4 is 8.56 Å². The SMILES string of the molecule is CCCC1(OC)CCCC[Si]1(OC)OC.CO. The van der Waals surface area contributed by atoms with Crippen LogP contribution in [0.15, 0.2) is 0 Å². The van der Waals surface area contributed by atoms with Crippen molar-refractivity contribution in [3.8, 4) is 0 Å². The van der Waals surface area contributed by atoms with Crippen LogP contribution in [0.1, 0.15) is 39.0 Å². The molecule has 0 radical (unpaired) electrons. The molecule has 0 bridgehead atoms. The lowest BCUT2D eigenvalue weighted by molar-refractivity contribution is -0.0149. The van der Waals surface area contributed by atoms with E-state index in [2.05, 4.69) is 6.92 Å². The van der Waals surface area contributed by atoms with Gasteiger partial charge in [0.15, 0.2) is 0 Å². The summed E-state index contributed by atoms with van der Waals surface area (Å²) in [6, 6.07) is 1.06. The van der Waals surface area contributed by atoms with Crippen molar-refractivity contribution in [1.29, 1.82) is 0 Å². The van der Waals surface area contributed by atoms with Gasteiger partial charge in [0.1, 0.15) is 5.22 Å². The van der Waals surface area contributed by atoms with Crippen molar-refractivity contribution in [1.82, 2.24) is 0 Å². The van der Waals surface area contributed by atoms with Crippen LogP contribution < -0.4 is 0 Å². The molecule has 0 spiro atoms. The number of rotatable bonds is 5. The number of aliphatic hydroxyl groups is 1. The molecule has 1 fully saturated rings. The monoisotopic (exact) mass is 264 g/mol. The maximum atomic E-state index is 7.00. The van der Waals surface area contributed by atoms with Gasteiger partial charge in [0, 0.05) is 28.4 Å². The van der Waals surface area contributed by atoms with Crippen molar-refractivity contribution in [2.45, 2.75) is 50.3 Å². The van der Waals surface area contributed by atoms with E-state index in [0.29, 0.717) is 0 Å². The predicted octanol–water partition coefficient (Wildman–Crippen LogP) is 2.24. The van der Waals surface area contributed by atoms with E-state index in [9.17, 15) is 0 Å². The minimum absolute atomic E-state index is 0.122. The molecule has 4 nitrogen and oxygen atoms in total. The molecule has 0 aliphatic carbocycles. The standard InChI is InChI=1S/C11H24O3Si.CH4O/c1-5-8-11(12-2)9-6-7-10-15(11,13-3)14-4;1-2/h5-10H2,1-4H3;2H,1H3. The summed E-state index contributed by atoms with van der Waals surface area (Å²) in [5, 5.41) is 6.88. The van der Waals surface area contributed by atoms with Gasteiger partial charge in [-0.15, -0.1) is 0 Å². The topological polar surface area (TPSA) is 47.9 Å². The zero-order chi connectivity index (χ0) is 13.4. The number of methoxy groups -OCH3 is 1. The highest BCUT2D eigenvalue weighted by atomic mass is 28.4. The van der Waals surface area contributed by atoms with Crippen molar-refractivity contribution in [3.05, 3.63) is 0 Å². The molecule has 5 heteroatoms. The third-order valence-electron chi connectivity index (χ3n) is 3.73. The Hall–Kier alpha value is 0.0569. The molecular formula is C12H28O4Si. The minimum atomic E-state index is -2.15. The average molecular weight is 264 g/mol. The second-order valence-electron chi connectivity index (χ2n) is 4.32. The molecule has 0 aromatic carbocycles. The van der Waals surface area contributed by atoms with Crippen LogP contribution in [0, 0.1) is 0 Å². The van der Waals surface area contributed by atoms with E-state index in [4.69, 9.17) is 18.7 Å². The van der Waals surface area contributed by atoms with E-state index in [1.54, 1.807) is 21.3 Å². The number of ether oxygens (including phenoxy) is 1. The van der Waals surface area contributed by atoms with Gasteiger partial charge in [-0.3, -0.25) is 0 Å². The molecule has 1 rings (SSSR count). The zero-order valence-electron chi connectivity index (χ0n) is 11.9. The van der Waals surface area contributed by atoms with Gasteiger partial charge in [0.2, 0.25) is 0 Å². The van der Waals surface area contributed by atoms with Crippen LogP contribution in [0.4, 0.5) is 0 Å². The second-order valence-corrected chi connectivity index (χ2v) is 8.05. The molecule has 1 aliphatic heterocycles. The summed E-state index contributed by atoms with van der Waals surface area (Å²) in [4.78, 5) is 0. The molecule has 17 heavy (non-hydrogen) atoms. The van der Waals surface area contributed by atoms with Gasteiger partial charge in [0.05, 0.1) is 0 Å². The zero-order valence-corrected chi connectivity index (χ0v) is 12.9. The Morgan fingerprint density at radius 3 is 2.12 bits per heavy atom. The molecule has 104 valence electrons. The number of hydrogen-bond acceptors (Lipinski definition) is 4. The Balaban J connectivity index is 0.00000121. The van der Waals surface area contributed by atoms with Gasteiger partial charge in [-0.25, -0.2) is 0 Å². The summed E-state index contributed by atoms with van der Waals surface area (Å²) >= 11 is 0. The van der Waals surface area contributed by atoms with Crippen LogP contribution >= 0.6 is 0 Å². The van der Waals surface area contributed by atoms with Crippen molar-refractivity contribution < 1.29 is 18.7 Å². The Bertz CT molecular complexity index is 193. The highest BCUT2D eigenvalue weighted by Gasteiger charge is 2.58. The van der Waals surface area contributed by atoms with Crippen LogP contribution in [0.5, 0.6) is 0 Å². The molecular weight excluding hydrogens is 236 g/mol. The Morgan fingerprint density at radius 2 is 1.71 bits per heavy atom. The highest BCUT2D eigenvalue weighted by Crippen LogP contribution is 2.42. The molecule has 0 aromatic rings. The maximum Gasteiger partial charge on any atom is 0.370 e. The lowest BCUT2D eigenvalue weighted by atomic mass is 10.1. The Kier molecular flexibility index (Phi) is 8.24. The smallest absolute Gasteiger partial charge is 0.370 e. The fourth-order valence-corrected chi connectivity index (χ4v) is 6.91. The lowest BCUT2D eigenvalue weighted by Crippen LogP contribution is -2.64. The van der Waals surface area contributed by atoms with Crippen LogP contribution in [0.25, 0.3) is 0 Å². The summed E-state index contributed by atoms with van der Waals surface area (Å²) in [6.07, 6.45) is 5.70. The largest absolute Gasteiger partial charge is 0.400 e. The van der Waals surface area contributed by atoms with E-state index >= 15 is 0 Å². The fraction of sp³-hybridized carbons (Fsp3) is 1.00. The molecule has 1 heterocycles. The molecule has 0 aromatic heterocycles. The Labute approximate surface area is 107 Å². The van der Waals surface area contributed by atoms with Gasteiger partial charge in [-0.1, -0.05) is 26.2 Å². The maximum absolute atomic E-state index is 7.00. The van der Waals surface area contributed by atoms with Gasteiger partial charge < -0.3 is 18.7 Å². The summed E-state index contributed by atoms with van der Waals surface area (Å²) in [5.41, 5.74) is 0. The third-order valence-corrected chi connectivity index (χ3v) is 8.16. The summed E-state index contributed by atoms with van der Waals surface area (Å²) in [6.45, 7) is 2.19. The Morgan fingerprint density at radius 1 is 1.12 bits per heavy atom. The average Bonchev–Trinajstić information content (AvgIpc) is 2.42. The van der Waals surface area contributed by atoms with Gasteiger partial charge in [-0.05, 0) is 18.9 Å². The van der Waals surface area contributed by atoms with Gasteiger partial charge >= 0.3 is 8.56 Å². The van der Waals surface area contributed by atoms with Crippen LogP contribution in [-0.4, -0.2) is 47.3 Å². The highest BCUT2D eigenvalue weighted by molar-refractivity contribution is 6.70. The van der Waals surface area contributed by atoms with E-state index < -0.39 is 8.56 Å². The first-order valence-electron chi connectivity index (χ1n) is 6.30. The first-order chi connectivity index (χ1) is 8.20. The molecule has 0 saturated carbocycles. The van der Waals surface area contributed by atoms with E-state index in [-0.39, 0.29) is 5.22 Å². The van der Waals surface area contributed by atoms with Crippen molar-refractivity contribution in [2.75, 3.05) is 28.4 Å². The van der Waals surface area contributed by atoms with Crippen LogP contribution in [0.2, 0.25) is 6.04 Å². The van der Waals surface area contributed by atoms with E-state index in [0.717, 1.165) is 32.4 Å². The van der Waals surface area contributed by atoms with E-state index in [1.807, 2.05) is 0 Å². The quantitative estimate of drug-likeness (QED) is 0.774. The molecule has 1 atom stereocenters. The minimum Gasteiger partial charge on any atom is -0.400 e. The predicted molar refractivity (Wildman–Crippen MR) is 71.2 cm³/mol. The normalized spacial score (nSPS) is 27.2. The summed E-state index contributed by atoms with van der Waals surface area (Å²) in [7, 11) is 4.22. The van der Waals surface area contributed by atoms with Gasteiger partial charge in [-0.2, -0.15) is 0 Å². The van der Waals surface area contributed by atoms with Crippen LogP contribution in [-0.2, 0) is 13.6 Å². The van der Waals surface area contributed by atoms with Crippen LogP contribution in [0.3, 0.4) is 0 Å². The second kappa shape index (κ2) is 8.21. The first-order valence-corrected chi connectivity index (χ1v) is 8.33. The third kappa shape index (κ3) is 3.29. The molecule has 0 amide bonds. The molecule has 1 saturated heterocycles. The fourth-order valence-electron chi connectivity index (χ4n) is 2.92. The van der Waals surface area contributed by atoms with Gasteiger partial charge in [0.25, 0.3) is 0 Å². The first kappa shape index (κ1) is 17.1. The molecule has 1 N–H and O–H groups in total. The molecule has 1 unspecified atom stereocenters. The lowest BCUT2D eigenvalue weighted by Gasteiger charge is -2.47.